The molecule has 0 aliphatic heterocycles. The number of hydrogen-bond acceptors (Lipinski definition) is 6. The van der Waals surface area contributed by atoms with Crippen LogP contribution in [0.1, 0.15) is 21.5 Å². The first kappa shape index (κ1) is 22.4. The zero-order valence-corrected chi connectivity index (χ0v) is 19.1. The van der Waals surface area contributed by atoms with Gasteiger partial charge >= 0.3 is 0 Å². The van der Waals surface area contributed by atoms with Crippen molar-refractivity contribution in [2.24, 2.45) is 0 Å². The van der Waals surface area contributed by atoms with Gasteiger partial charge in [0.05, 0.1) is 15.6 Å². The lowest BCUT2D eigenvalue weighted by atomic mass is 10.1. The Kier molecular flexibility index (Phi) is 6.08. The summed E-state index contributed by atoms with van der Waals surface area (Å²) in [6.07, 6.45) is 0. The molecule has 1 aromatic heterocycles. The smallest absolute Gasteiger partial charge is 0.282 e. The number of nitrogens with one attached hydrogen (secondary N) is 2. The predicted molar refractivity (Wildman–Crippen MR) is 131 cm³/mol. The maximum absolute atomic E-state index is 12.5. The molecule has 2 N–H and O–H groups in total. The normalized spacial score (nSPS) is 10.8. The number of hydrogen-bond donors (Lipinski definition) is 2. The predicted octanol–water partition coefficient (Wildman–Crippen LogP) is 5.80. The van der Waals surface area contributed by atoms with Gasteiger partial charge in [-0.2, -0.15) is 0 Å². The maximum atomic E-state index is 12.5. The SMILES string of the molecule is Cc1cc(C)c2oc(-c3ccc(Cl)c(NC(=S)NC(=O)c4ccccc4[N+](=O)[O-])c3)nc2c1. The molecule has 0 spiro atoms. The highest BCUT2D eigenvalue weighted by molar-refractivity contribution is 7.80. The van der Waals surface area contributed by atoms with Gasteiger partial charge in [0.1, 0.15) is 11.1 Å². The molecule has 0 saturated carbocycles. The largest absolute Gasteiger partial charge is 0.436 e. The first-order chi connectivity index (χ1) is 15.7. The monoisotopic (exact) mass is 480 g/mol. The van der Waals surface area contributed by atoms with Gasteiger partial charge in [-0.1, -0.05) is 29.8 Å². The summed E-state index contributed by atoms with van der Waals surface area (Å²) in [7, 11) is 0. The molecule has 10 heteroatoms. The molecule has 0 saturated heterocycles. The molecule has 3 aromatic carbocycles. The quantitative estimate of drug-likeness (QED) is 0.216. The first-order valence-electron chi connectivity index (χ1n) is 9.76. The van der Waals surface area contributed by atoms with Crippen LogP contribution in [0.4, 0.5) is 11.4 Å². The van der Waals surface area contributed by atoms with Gasteiger partial charge in [-0.15, -0.1) is 0 Å². The number of fused-ring (bicyclic) bond motifs is 1. The fourth-order valence-electron chi connectivity index (χ4n) is 3.40. The van der Waals surface area contributed by atoms with Crippen LogP contribution in [0.25, 0.3) is 22.6 Å². The summed E-state index contributed by atoms with van der Waals surface area (Å²) in [5, 5.41) is 16.7. The summed E-state index contributed by atoms with van der Waals surface area (Å²) >= 11 is 11.5. The Hall–Kier alpha value is -3.82. The minimum absolute atomic E-state index is 0.0683. The van der Waals surface area contributed by atoms with Gasteiger partial charge in [0.15, 0.2) is 10.7 Å². The number of amides is 1. The molecule has 4 aromatic rings. The van der Waals surface area contributed by atoms with E-state index in [0.717, 1.165) is 16.6 Å². The maximum Gasteiger partial charge on any atom is 0.282 e. The van der Waals surface area contributed by atoms with Crippen molar-refractivity contribution in [2.45, 2.75) is 13.8 Å². The molecule has 8 nitrogen and oxygen atoms in total. The van der Waals surface area contributed by atoms with Crippen molar-refractivity contribution in [1.29, 1.82) is 0 Å². The number of carbonyl (C=O) groups is 1. The van der Waals surface area contributed by atoms with Gasteiger partial charge in [0.25, 0.3) is 11.6 Å². The number of oxazole rings is 1. The lowest BCUT2D eigenvalue weighted by Gasteiger charge is -2.12. The summed E-state index contributed by atoms with van der Waals surface area (Å²) in [5.41, 5.74) is 4.16. The number of carbonyl (C=O) groups excluding carboxylic acids is 1. The van der Waals surface area contributed by atoms with Gasteiger partial charge in [0, 0.05) is 11.6 Å². The highest BCUT2D eigenvalue weighted by atomic mass is 35.5. The Labute approximate surface area is 198 Å². The number of halogens is 1. The Balaban J connectivity index is 1.56. The molecule has 0 atom stereocenters. The Morgan fingerprint density at radius 3 is 2.67 bits per heavy atom. The molecule has 0 fully saturated rings. The van der Waals surface area contributed by atoms with Gasteiger partial charge in [0.2, 0.25) is 5.89 Å². The summed E-state index contributed by atoms with van der Waals surface area (Å²) < 4.78 is 5.95. The van der Waals surface area contributed by atoms with Crippen molar-refractivity contribution in [3.05, 3.63) is 86.4 Å². The lowest BCUT2D eigenvalue weighted by molar-refractivity contribution is -0.385. The molecular weight excluding hydrogens is 464 g/mol. The van der Waals surface area contributed by atoms with Crippen LogP contribution in [0.15, 0.2) is 59.0 Å². The summed E-state index contributed by atoms with van der Waals surface area (Å²) in [4.78, 5) is 27.6. The van der Waals surface area contributed by atoms with Crippen LogP contribution in [-0.4, -0.2) is 20.9 Å². The standard InChI is InChI=1S/C23H17ClN4O4S/c1-12-9-13(2)20-18(10-12)25-22(32-20)14-7-8-16(24)17(11-14)26-23(33)27-21(29)15-5-3-4-6-19(15)28(30)31/h3-11H,1-2H3,(H2,26,27,29,33). The first-order valence-corrected chi connectivity index (χ1v) is 10.5. The van der Waals surface area contributed by atoms with E-state index in [1.807, 2.05) is 26.0 Å². The van der Waals surface area contributed by atoms with Crippen LogP contribution in [0.2, 0.25) is 5.02 Å². The molecule has 166 valence electrons. The van der Waals surface area contributed by atoms with Crippen LogP contribution in [0.3, 0.4) is 0 Å². The van der Waals surface area contributed by atoms with Crippen molar-refractivity contribution in [1.82, 2.24) is 10.3 Å². The van der Waals surface area contributed by atoms with Crippen molar-refractivity contribution in [3.8, 4) is 11.5 Å². The molecule has 33 heavy (non-hydrogen) atoms. The van der Waals surface area contributed by atoms with E-state index < -0.39 is 10.8 Å². The van der Waals surface area contributed by atoms with Gasteiger partial charge in [-0.05, 0) is 67.5 Å². The minimum Gasteiger partial charge on any atom is -0.436 e. The molecule has 4 rings (SSSR count). The molecule has 0 radical (unpaired) electrons. The Morgan fingerprint density at radius 2 is 1.91 bits per heavy atom. The van der Waals surface area contributed by atoms with Gasteiger partial charge < -0.3 is 9.73 Å². The zero-order valence-electron chi connectivity index (χ0n) is 17.5. The van der Waals surface area contributed by atoms with E-state index in [-0.39, 0.29) is 16.4 Å². The second-order valence-electron chi connectivity index (χ2n) is 7.33. The van der Waals surface area contributed by atoms with E-state index in [1.165, 1.54) is 24.3 Å². The minimum atomic E-state index is -0.711. The molecular formula is C23H17ClN4O4S. The van der Waals surface area contributed by atoms with E-state index >= 15 is 0 Å². The van der Waals surface area contributed by atoms with Crippen molar-refractivity contribution in [3.63, 3.8) is 0 Å². The van der Waals surface area contributed by atoms with Crippen molar-refractivity contribution < 1.29 is 14.1 Å². The third kappa shape index (κ3) is 4.69. The number of nitrogens with zero attached hydrogens (tertiary/aromatic N) is 2. The van der Waals surface area contributed by atoms with E-state index in [1.54, 1.807) is 18.2 Å². The fraction of sp³-hybridized carbons (Fsp3) is 0.0870. The van der Waals surface area contributed by atoms with Crippen LogP contribution in [0, 0.1) is 24.0 Å². The number of aryl methyl sites for hydroxylation is 2. The van der Waals surface area contributed by atoms with Crippen LogP contribution < -0.4 is 10.6 Å². The zero-order chi connectivity index (χ0) is 23.7. The third-order valence-corrected chi connectivity index (χ3v) is 5.39. The summed E-state index contributed by atoms with van der Waals surface area (Å²) in [5.74, 6) is -0.301. The third-order valence-electron chi connectivity index (χ3n) is 4.85. The van der Waals surface area contributed by atoms with E-state index in [4.69, 9.17) is 28.2 Å². The van der Waals surface area contributed by atoms with E-state index in [0.29, 0.717) is 27.7 Å². The van der Waals surface area contributed by atoms with Crippen molar-refractivity contribution >= 4 is 57.3 Å². The second-order valence-corrected chi connectivity index (χ2v) is 8.14. The molecule has 0 bridgehead atoms. The molecule has 0 aliphatic rings. The van der Waals surface area contributed by atoms with Gasteiger partial charge in [-0.3, -0.25) is 20.2 Å². The van der Waals surface area contributed by atoms with Gasteiger partial charge in [-0.25, -0.2) is 4.98 Å². The topological polar surface area (TPSA) is 110 Å². The molecule has 1 amide bonds. The number of thiocarbonyl (C=S) groups is 1. The summed E-state index contributed by atoms with van der Waals surface area (Å²) in [6.45, 7) is 3.95. The number of anilines is 1. The lowest BCUT2D eigenvalue weighted by Crippen LogP contribution is -2.34. The Bertz CT molecular complexity index is 1430. The molecule has 1 heterocycles. The molecule has 0 aliphatic carbocycles. The molecule has 0 unspecified atom stereocenters. The average molecular weight is 481 g/mol. The van der Waals surface area contributed by atoms with Crippen LogP contribution in [-0.2, 0) is 0 Å². The highest BCUT2D eigenvalue weighted by Gasteiger charge is 2.20. The summed E-state index contributed by atoms with van der Waals surface area (Å²) in [6, 6.07) is 14.7. The van der Waals surface area contributed by atoms with Crippen molar-refractivity contribution in [2.75, 3.05) is 5.32 Å². The number of benzene rings is 3. The number of nitro groups is 1. The number of para-hydroxylation sites is 1. The Morgan fingerprint density at radius 1 is 1.15 bits per heavy atom. The highest BCUT2D eigenvalue weighted by Crippen LogP contribution is 2.31. The number of aromatic nitrogens is 1. The number of nitro benzene ring substituents is 1. The fourth-order valence-corrected chi connectivity index (χ4v) is 3.77. The number of rotatable bonds is 4. The second kappa shape index (κ2) is 8.97. The van der Waals surface area contributed by atoms with Crippen LogP contribution >= 0.6 is 23.8 Å². The van der Waals surface area contributed by atoms with E-state index in [9.17, 15) is 14.9 Å². The average Bonchev–Trinajstić information content (AvgIpc) is 3.19. The van der Waals surface area contributed by atoms with Crippen LogP contribution in [0.5, 0.6) is 0 Å². The van der Waals surface area contributed by atoms with E-state index in [2.05, 4.69) is 15.6 Å².